The zero-order valence-corrected chi connectivity index (χ0v) is 17.2. The normalized spacial score (nSPS) is 32.1. The van der Waals surface area contributed by atoms with Gasteiger partial charge in [0.1, 0.15) is 17.6 Å². The van der Waals surface area contributed by atoms with Crippen molar-refractivity contribution in [2.75, 3.05) is 6.61 Å². The second kappa shape index (κ2) is 7.90. The molecular formula is C23H29NO5. The Kier molecular flexibility index (Phi) is 5.47. The smallest absolute Gasteiger partial charge is 0.306 e. The average molecular weight is 399 g/mol. The summed E-state index contributed by atoms with van der Waals surface area (Å²) in [7, 11) is 0. The van der Waals surface area contributed by atoms with Crippen LogP contribution in [0.5, 0.6) is 0 Å². The van der Waals surface area contributed by atoms with E-state index in [1.54, 1.807) is 0 Å². The van der Waals surface area contributed by atoms with Gasteiger partial charge in [0.25, 0.3) is 0 Å². The first kappa shape index (κ1) is 20.1. The van der Waals surface area contributed by atoms with E-state index < -0.39 is 0 Å². The Hall–Kier alpha value is -2.21. The van der Waals surface area contributed by atoms with Crippen molar-refractivity contribution in [1.82, 2.24) is 4.98 Å². The minimum Gasteiger partial charge on any atom is -0.466 e. The Bertz CT molecular complexity index is 840. The predicted octanol–water partition coefficient (Wildman–Crippen LogP) is 4.37. The number of aromatic nitrogens is 1. The fourth-order valence-electron chi connectivity index (χ4n) is 5.26. The largest absolute Gasteiger partial charge is 0.466 e. The van der Waals surface area contributed by atoms with E-state index >= 15 is 0 Å². The second-order valence-corrected chi connectivity index (χ2v) is 8.35. The Morgan fingerprint density at radius 1 is 1.38 bits per heavy atom. The lowest BCUT2D eigenvalue weighted by atomic mass is 9.55. The number of esters is 1. The molecule has 1 aliphatic heterocycles. The Morgan fingerprint density at radius 3 is 2.86 bits per heavy atom. The predicted molar refractivity (Wildman–Crippen MR) is 106 cm³/mol. The molecule has 0 radical (unpaired) electrons. The van der Waals surface area contributed by atoms with Crippen molar-refractivity contribution in [1.29, 1.82) is 0 Å². The van der Waals surface area contributed by atoms with E-state index in [9.17, 15) is 9.59 Å². The first-order valence-corrected chi connectivity index (χ1v) is 10.6. The van der Waals surface area contributed by atoms with E-state index in [1.165, 1.54) is 13.2 Å². The first-order chi connectivity index (χ1) is 14.0. The van der Waals surface area contributed by atoms with E-state index in [0.29, 0.717) is 49.0 Å². The number of ether oxygens (including phenoxy) is 2. The minimum absolute atomic E-state index is 0.0879. The zero-order valence-electron chi connectivity index (χ0n) is 17.2. The van der Waals surface area contributed by atoms with E-state index in [1.807, 2.05) is 13.0 Å². The molecule has 0 amide bonds. The monoisotopic (exact) mass is 399 g/mol. The Balaban J connectivity index is 1.43. The molecule has 4 rings (SSSR count). The molecule has 2 saturated carbocycles. The maximum atomic E-state index is 11.8. The van der Waals surface area contributed by atoms with Crippen LogP contribution in [0.15, 0.2) is 35.0 Å². The third kappa shape index (κ3) is 3.48. The highest BCUT2D eigenvalue weighted by atomic mass is 16.6. The van der Waals surface area contributed by atoms with Crippen LogP contribution in [0.1, 0.15) is 74.7 Å². The lowest BCUT2D eigenvalue weighted by molar-refractivity contribution is -0.143. The SMILES string of the molecule is C=CC(=CCC1C(c2nc(C(C)=O)co2)[C@@]23O[C@@H]2CC[C@H]13)CCC(=O)OCCC. The summed E-state index contributed by atoms with van der Waals surface area (Å²) < 4.78 is 16.9. The summed E-state index contributed by atoms with van der Waals surface area (Å²) in [5.74, 6) is 1.32. The van der Waals surface area contributed by atoms with Crippen LogP contribution in [0.25, 0.3) is 0 Å². The number of allylic oxidation sites excluding steroid dienone is 3. The number of hydrogen-bond acceptors (Lipinski definition) is 6. The van der Waals surface area contributed by atoms with Crippen LogP contribution in [0.2, 0.25) is 0 Å². The molecule has 1 saturated heterocycles. The summed E-state index contributed by atoms with van der Waals surface area (Å²) in [6, 6.07) is 0. The van der Waals surface area contributed by atoms with Crippen LogP contribution >= 0.6 is 0 Å². The number of hydrogen-bond donors (Lipinski definition) is 0. The number of nitrogens with zero attached hydrogens (tertiary/aromatic N) is 1. The average Bonchev–Trinajstić information content (AvgIpc) is 3.11. The molecule has 3 fully saturated rings. The lowest BCUT2D eigenvalue weighted by Gasteiger charge is -2.47. The standard InChI is InChI=1S/C23H29NO5/c1-4-12-27-20(26)11-7-15(5-2)6-8-16-17-9-10-19-23(17,29-19)21(16)22-24-18(13-28-22)14(3)25/h5-6,13,16-17,19,21H,2,4,7-12H2,1,3H3/t16?,17-,19-,21?,23+/m1/s1. The van der Waals surface area contributed by atoms with Crippen molar-refractivity contribution in [2.45, 2.75) is 70.0 Å². The molecule has 6 nitrogen and oxygen atoms in total. The molecule has 156 valence electrons. The number of Topliss-reactive ketones (excluding diaryl/α,β-unsaturated/α-hetero) is 1. The molecule has 0 bridgehead atoms. The van der Waals surface area contributed by atoms with Gasteiger partial charge in [-0.25, -0.2) is 4.98 Å². The number of carbonyl (C=O) groups is 2. The molecule has 1 aromatic rings. The summed E-state index contributed by atoms with van der Waals surface area (Å²) in [6.45, 7) is 7.85. The van der Waals surface area contributed by atoms with Crippen LogP contribution in [0.3, 0.4) is 0 Å². The van der Waals surface area contributed by atoms with Crippen LogP contribution in [0, 0.1) is 11.8 Å². The fraction of sp³-hybridized carbons (Fsp3) is 0.609. The maximum absolute atomic E-state index is 11.8. The summed E-state index contributed by atoms with van der Waals surface area (Å²) in [5, 5.41) is 0. The summed E-state index contributed by atoms with van der Waals surface area (Å²) >= 11 is 0. The van der Waals surface area contributed by atoms with Gasteiger partial charge < -0.3 is 13.9 Å². The molecule has 2 unspecified atom stereocenters. The maximum Gasteiger partial charge on any atom is 0.306 e. The van der Waals surface area contributed by atoms with Gasteiger partial charge in [0.2, 0.25) is 5.89 Å². The summed E-state index contributed by atoms with van der Waals surface area (Å²) in [5.41, 5.74) is 1.30. The Morgan fingerprint density at radius 2 is 2.21 bits per heavy atom. The van der Waals surface area contributed by atoms with E-state index in [4.69, 9.17) is 13.9 Å². The number of rotatable bonds is 10. The molecule has 2 heterocycles. The van der Waals surface area contributed by atoms with Crippen molar-refractivity contribution in [2.24, 2.45) is 11.8 Å². The summed E-state index contributed by atoms with van der Waals surface area (Å²) in [6.07, 6.45) is 10.7. The third-order valence-electron chi connectivity index (χ3n) is 6.69. The van der Waals surface area contributed by atoms with Gasteiger partial charge in [0, 0.05) is 13.3 Å². The number of oxazole rings is 1. The zero-order chi connectivity index (χ0) is 20.6. The second-order valence-electron chi connectivity index (χ2n) is 8.35. The minimum atomic E-state index is -0.165. The number of epoxide rings is 1. The first-order valence-electron chi connectivity index (χ1n) is 10.6. The van der Waals surface area contributed by atoms with Gasteiger partial charge in [-0.2, -0.15) is 0 Å². The highest BCUT2D eigenvalue weighted by molar-refractivity contribution is 5.91. The van der Waals surface area contributed by atoms with Crippen molar-refractivity contribution in [3.05, 3.63) is 42.2 Å². The molecule has 29 heavy (non-hydrogen) atoms. The van der Waals surface area contributed by atoms with E-state index in [-0.39, 0.29) is 23.3 Å². The van der Waals surface area contributed by atoms with Gasteiger partial charge >= 0.3 is 5.97 Å². The molecular weight excluding hydrogens is 370 g/mol. The van der Waals surface area contributed by atoms with Crippen LogP contribution < -0.4 is 0 Å². The molecule has 2 aliphatic carbocycles. The van der Waals surface area contributed by atoms with Crippen molar-refractivity contribution >= 4 is 11.8 Å². The van der Waals surface area contributed by atoms with Crippen molar-refractivity contribution < 1.29 is 23.5 Å². The van der Waals surface area contributed by atoms with Crippen molar-refractivity contribution in [3.63, 3.8) is 0 Å². The third-order valence-corrected chi connectivity index (χ3v) is 6.69. The van der Waals surface area contributed by atoms with E-state index in [2.05, 4.69) is 17.6 Å². The van der Waals surface area contributed by atoms with Crippen molar-refractivity contribution in [3.8, 4) is 0 Å². The van der Waals surface area contributed by atoms with Gasteiger partial charge in [-0.3, -0.25) is 9.59 Å². The quantitative estimate of drug-likeness (QED) is 0.251. The van der Waals surface area contributed by atoms with Gasteiger partial charge in [-0.15, -0.1) is 0 Å². The summed E-state index contributed by atoms with van der Waals surface area (Å²) in [4.78, 5) is 27.8. The van der Waals surface area contributed by atoms with Crippen LogP contribution in [-0.2, 0) is 14.3 Å². The topological polar surface area (TPSA) is 81.9 Å². The fourth-order valence-corrected chi connectivity index (χ4v) is 5.26. The van der Waals surface area contributed by atoms with E-state index in [0.717, 1.165) is 31.3 Å². The molecule has 0 N–H and O–H groups in total. The molecule has 1 aromatic heterocycles. The lowest BCUT2D eigenvalue weighted by Crippen LogP contribution is -2.51. The molecule has 6 heteroatoms. The van der Waals surface area contributed by atoms with Crippen LogP contribution in [0.4, 0.5) is 0 Å². The van der Waals surface area contributed by atoms with Gasteiger partial charge in [-0.1, -0.05) is 31.2 Å². The molecule has 0 aromatic carbocycles. The highest BCUT2D eigenvalue weighted by Gasteiger charge is 2.80. The Labute approximate surface area is 171 Å². The molecule has 3 aliphatic rings. The van der Waals surface area contributed by atoms with Gasteiger partial charge in [-0.05, 0) is 43.9 Å². The van der Waals surface area contributed by atoms with Gasteiger partial charge in [0.15, 0.2) is 5.78 Å². The van der Waals surface area contributed by atoms with Crippen LogP contribution in [-0.4, -0.2) is 35.0 Å². The number of ketones is 1. The molecule has 1 spiro atoms. The highest BCUT2D eigenvalue weighted by Crippen LogP contribution is 2.74. The number of carbonyl (C=O) groups excluding carboxylic acids is 2. The van der Waals surface area contributed by atoms with Gasteiger partial charge in [0.05, 0.1) is 18.6 Å². The molecule has 5 atom stereocenters.